The second-order valence-electron chi connectivity index (χ2n) is 3.68. The summed E-state index contributed by atoms with van der Waals surface area (Å²) in [5.74, 6) is -2.56. The largest absolute Gasteiger partial charge is 0.466 e. The van der Waals surface area contributed by atoms with Gasteiger partial charge in [0.1, 0.15) is 6.29 Å². The number of carbonyl (C=O) groups is 4. The fraction of sp³-hybridized carbons (Fsp3) is 0.455. The minimum atomic E-state index is -0.637. The summed E-state index contributed by atoms with van der Waals surface area (Å²) in [7, 11) is 1.24. The molecule has 1 N–H and O–H groups in total. The van der Waals surface area contributed by atoms with Crippen molar-refractivity contribution in [2.45, 2.75) is 12.8 Å². The lowest BCUT2D eigenvalue weighted by Crippen LogP contribution is -2.26. The topological polar surface area (TPSA) is 89.5 Å². The van der Waals surface area contributed by atoms with Gasteiger partial charge in [0, 0.05) is 18.4 Å². The maximum atomic E-state index is 11.3. The van der Waals surface area contributed by atoms with E-state index in [1.54, 1.807) is 0 Å². The SMILES string of the molecule is COC(=O)/C=C/C[C@H](C=O)C1CC(=O)NC1=O. The fourth-order valence-electron chi connectivity index (χ4n) is 1.62. The molecular formula is C11H13NO5. The van der Waals surface area contributed by atoms with Gasteiger partial charge in [-0.05, 0) is 6.42 Å². The Morgan fingerprint density at radius 3 is 2.76 bits per heavy atom. The molecule has 0 aromatic heterocycles. The Morgan fingerprint density at radius 2 is 2.29 bits per heavy atom. The molecule has 1 saturated heterocycles. The molecular weight excluding hydrogens is 226 g/mol. The van der Waals surface area contributed by atoms with Crippen molar-refractivity contribution in [2.75, 3.05) is 7.11 Å². The van der Waals surface area contributed by atoms with E-state index in [0.29, 0.717) is 6.29 Å². The lowest BCUT2D eigenvalue weighted by atomic mass is 9.89. The first-order valence-corrected chi connectivity index (χ1v) is 5.12. The van der Waals surface area contributed by atoms with Gasteiger partial charge in [-0.15, -0.1) is 0 Å². The highest BCUT2D eigenvalue weighted by molar-refractivity contribution is 6.04. The van der Waals surface area contributed by atoms with Gasteiger partial charge in [-0.3, -0.25) is 14.9 Å². The molecule has 2 amide bonds. The average Bonchev–Trinajstić information content (AvgIpc) is 2.63. The average molecular weight is 239 g/mol. The fourth-order valence-corrected chi connectivity index (χ4v) is 1.62. The molecule has 0 saturated carbocycles. The molecule has 92 valence electrons. The molecule has 1 rings (SSSR count). The number of ether oxygens (including phenoxy) is 1. The maximum Gasteiger partial charge on any atom is 0.330 e. The summed E-state index contributed by atoms with van der Waals surface area (Å²) in [6.07, 6.45) is 3.52. The van der Waals surface area contributed by atoms with Crippen LogP contribution >= 0.6 is 0 Å². The van der Waals surface area contributed by atoms with Crippen LogP contribution in [0.25, 0.3) is 0 Å². The van der Waals surface area contributed by atoms with E-state index >= 15 is 0 Å². The van der Waals surface area contributed by atoms with Crippen molar-refractivity contribution >= 4 is 24.1 Å². The number of carbonyl (C=O) groups excluding carboxylic acids is 4. The van der Waals surface area contributed by atoms with E-state index in [1.165, 1.54) is 19.3 Å². The van der Waals surface area contributed by atoms with Crippen LogP contribution in [0.2, 0.25) is 0 Å². The highest BCUT2D eigenvalue weighted by Crippen LogP contribution is 2.22. The number of amides is 2. The van der Waals surface area contributed by atoms with Crippen LogP contribution in [0.15, 0.2) is 12.2 Å². The Balaban J connectivity index is 2.57. The van der Waals surface area contributed by atoms with Crippen LogP contribution in [0, 0.1) is 11.8 Å². The predicted molar refractivity (Wildman–Crippen MR) is 56.6 cm³/mol. The Morgan fingerprint density at radius 1 is 1.59 bits per heavy atom. The monoisotopic (exact) mass is 239 g/mol. The molecule has 0 aliphatic carbocycles. The van der Waals surface area contributed by atoms with Gasteiger partial charge in [-0.25, -0.2) is 4.79 Å². The molecule has 1 fully saturated rings. The standard InChI is InChI=1S/C11H13NO5/c1-17-10(15)4-2-3-7(6-13)8-5-9(14)12-11(8)16/h2,4,6-8H,3,5H2,1H3,(H,12,14,16)/b4-2+/t7-,8?/m1/s1. The van der Waals surface area contributed by atoms with E-state index in [9.17, 15) is 19.2 Å². The number of imide groups is 1. The lowest BCUT2D eigenvalue weighted by Gasteiger charge is -2.11. The van der Waals surface area contributed by atoms with Gasteiger partial charge in [0.2, 0.25) is 11.8 Å². The van der Waals surface area contributed by atoms with Crippen LogP contribution in [-0.2, 0) is 23.9 Å². The highest BCUT2D eigenvalue weighted by Gasteiger charge is 2.36. The summed E-state index contributed by atoms with van der Waals surface area (Å²) < 4.78 is 4.38. The Labute approximate surface area is 98.0 Å². The number of methoxy groups -OCH3 is 1. The maximum absolute atomic E-state index is 11.3. The molecule has 2 atom stereocenters. The molecule has 0 radical (unpaired) electrons. The first-order valence-electron chi connectivity index (χ1n) is 5.12. The van der Waals surface area contributed by atoms with Crippen LogP contribution in [0.5, 0.6) is 0 Å². The van der Waals surface area contributed by atoms with Crippen molar-refractivity contribution in [3.8, 4) is 0 Å². The van der Waals surface area contributed by atoms with Gasteiger partial charge in [-0.1, -0.05) is 6.08 Å². The second kappa shape index (κ2) is 5.93. The van der Waals surface area contributed by atoms with Crippen molar-refractivity contribution in [3.05, 3.63) is 12.2 Å². The molecule has 1 unspecified atom stereocenters. The molecule has 17 heavy (non-hydrogen) atoms. The number of allylic oxidation sites excluding steroid dienone is 1. The zero-order valence-corrected chi connectivity index (χ0v) is 9.34. The minimum Gasteiger partial charge on any atom is -0.466 e. The van der Waals surface area contributed by atoms with Crippen LogP contribution in [-0.4, -0.2) is 31.2 Å². The van der Waals surface area contributed by atoms with E-state index in [-0.39, 0.29) is 18.7 Å². The number of rotatable bonds is 5. The summed E-state index contributed by atoms with van der Waals surface area (Å²) in [5, 5.41) is 2.14. The molecule has 6 heteroatoms. The van der Waals surface area contributed by atoms with Gasteiger partial charge in [0.25, 0.3) is 0 Å². The van der Waals surface area contributed by atoms with Gasteiger partial charge in [0.15, 0.2) is 0 Å². The van der Waals surface area contributed by atoms with E-state index in [2.05, 4.69) is 10.1 Å². The Hall–Kier alpha value is -1.98. The lowest BCUT2D eigenvalue weighted by molar-refractivity contribution is -0.135. The third kappa shape index (κ3) is 3.51. The predicted octanol–water partition coefficient (Wildman–Crippen LogP) is -0.417. The van der Waals surface area contributed by atoms with Crippen molar-refractivity contribution in [2.24, 2.45) is 11.8 Å². The molecule has 0 spiro atoms. The van der Waals surface area contributed by atoms with Crippen molar-refractivity contribution < 1.29 is 23.9 Å². The summed E-state index contributed by atoms with van der Waals surface area (Å²) in [4.78, 5) is 43.9. The molecule has 0 aromatic rings. The molecule has 1 aliphatic rings. The van der Waals surface area contributed by atoms with E-state index in [1.807, 2.05) is 0 Å². The molecule has 0 aromatic carbocycles. The molecule has 1 aliphatic heterocycles. The van der Waals surface area contributed by atoms with E-state index < -0.39 is 23.7 Å². The Kier molecular flexibility index (Phi) is 4.56. The van der Waals surface area contributed by atoms with Crippen LogP contribution in [0.3, 0.4) is 0 Å². The van der Waals surface area contributed by atoms with E-state index in [4.69, 9.17) is 0 Å². The molecule has 1 heterocycles. The third-order valence-electron chi connectivity index (χ3n) is 2.56. The van der Waals surface area contributed by atoms with Gasteiger partial charge >= 0.3 is 5.97 Å². The zero-order chi connectivity index (χ0) is 12.8. The number of nitrogens with one attached hydrogen (secondary N) is 1. The van der Waals surface area contributed by atoms with Crippen LogP contribution in [0.4, 0.5) is 0 Å². The number of esters is 1. The van der Waals surface area contributed by atoms with Crippen LogP contribution in [0.1, 0.15) is 12.8 Å². The van der Waals surface area contributed by atoms with Crippen molar-refractivity contribution in [1.82, 2.24) is 5.32 Å². The Bertz CT molecular complexity index is 374. The quantitative estimate of drug-likeness (QED) is 0.305. The smallest absolute Gasteiger partial charge is 0.330 e. The van der Waals surface area contributed by atoms with Gasteiger partial charge in [0.05, 0.1) is 13.0 Å². The normalized spacial score (nSPS) is 21.4. The van der Waals surface area contributed by atoms with Crippen LogP contribution < -0.4 is 5.32 Å². The summed E-state index contributed by atoms with van der Waals surface area (Å²) in [5.41, 5.74) is 0. The van der Waals surface area contributed by atoms with Gasteiger partial charge < -0.3 is 9.53 Å². The molecule has 6 nitrogen and oxygen atoms in total. The second-order valence-corrected chi connectivity index (χ2v) is 3.68. The van der Waals surface area contributed by atoms with E-state index in [0.717, 1.165) is 0 Å². The summed E-state index contributed by atoms with van der Waals surface area (Å²) in [6.45, 7) is 0. The zero-order valence-electron chi connectivity index (χ0n) is 9.34. The van der Waals surface area contributed by atoms with Crippen molar-refractivity contribution in [1.29, 1.82) is 0 Å². The van der Waals surface area contributed by atoms with Crippen molar-refractivity contribution in [3.63, 3.8) is 0 Å². The van der Waals surface area contributed by atoms with Gasteiger partial charge in [-0.2, -0.15) is 0 Å². The number of aldehydes is 1. The number of hydrogen-bond donors (Lipinski definition) is 1. The first-order chi connectivity index (χ1) is 8.08. The summed E-state index contributed by atoms with van der Waals surface area (Å²) in [6, 6.07) is 0. The third-order valence-corrected chi connectivity index (χ3v) is 2.56. The summed E-state index contributed by atoms with van der Waals surface area (Å²) >= 11 is 0. The highest BCUT2D eigenvalue weighted by atomic mass is 16.5. The molecule has 0 bridgehead atoms. The first kappa shape index (κ1) is 13.1. The number of hydrogen-bond acceptors (Lipinski definition) is 5. The minimum absolute atomic E-state index is 0.0221.